The zero-order valence-electron chi connectivity index (χ0n) is 12.4. The first-order valence-electron chi connectivity index (χ1n) is 6.13. The van der Waals surface area contributed by atoms with Crippen molar-refractivity contribution in [1.82, 2.24) is 0 Å². The Hall–Kier alpha value is -2.24. The molecule has 2 rings (SSSR count). The predicted octanol–water partition coefficient (Wildman–Crippen LogP) is 5.67. The third kappa shape index (κ3) is 7.85. The Balaban J connectivity index is 0. The molecule has 0 aliphatic carbocycles. The molecule has 0 saturated carbocycles. The van der Waals surface area contributed by atoms with Crippen LogP contribution in [0.5, 0.6) is 0 Å². The van der Waals surface area contributed by atoms with Crippen LogP contribution in [0.15, 0.2) is 54.0 Å². The molecule has 0 radical (unpaired) electrons. The van der Waals surface area contributed by atoms with E-state index < -0.39 is 0 Å². The van der Waals surface area contributed by atoms with Gasteiger partial charge >= 0.3 is 17.1 Å². The van der Waals surface area contributed by atoms with E-state index in [0.29, 0.717) is 11.1 Å². The van der Waals surface area contributed by atoms with E-state index in [1.807, 2.05) is 6.07 Å². The van der Waals surface area contributed by atoms with Gasteiger partial charge in [-0.2, -0.15) is 5.26 Å². The van der Waals surface area contributed by atoms with Gasteiger partial charge in [0, 0.05) is 4.47 Å². The fraction of sp³-hybridized carbons (Fsp3) is 0. The summed E-state index contributed by atoms with van der Waals surface area (Å²) in [5.74, 6) is -0.586. The third-order valence-electron chi connectivity index (χ3n) is 2.53. The average molecular weight is 438 g/mol. The van der Waals surface area contributed by atoms with E-state index in [-0.39, 0.29) is 28.7 Å². The molecule has 6 heteroatoms. The van der Waals surface area contributed by atoms with Gasteiger partial charge in [0.2, 0.25) is 0 Å². The molecule has 0 unspecified atom stereocenters. The first-order chi connectivity index (χ1) is 11.0. The van der Waals surface area contributed by atoms with E-state index in [9.17, 15) is 8.78 Å². The van der Waals surface area contributed by atoms with Gasteiger partial charge in [0.25, 0.3) is 0 Å². The number of hydrogen-bond acceptors (Lipinski definition) is 2. The molecule has 0 fully saturated rings. The van der Waals surface area contributed by atoms with Crippen molar-refractivity contribution in [1.29, 1.82) is 10.5 Å². The topological polar surface area (TPSA) is 47.6 Å². The van der Waals surface area contributed by atoms with Gasteiger partial charge in [-0.1, -0.05) is 41.2 Å². The fourth-order valence-corrected chi connectivity index (χ4v) is 1.88. The monoisotopic (exact) mass is 436 g/mol. The molecule has 0 aliphatic rings. The summed E-state index contributed by atoms with van der Waals surface area (Å²) >= 11 is 3.25. The van der Waals surface area contributed by atoms with Crippen molar-refractivity contribution in [2.75, 3.05) is 0 Å². The van der Waals surface area contributed by atoms with E-state index >= 15 is 0 Å². The van der Waals surface area contributed by atoms with Crippen molar-refractivity contribution in [2.45, 2.75) is 0 Å². The minimum atomic E-state index is -0.348. The summed E-state index contributed by atoms with van der Waals surface area (Å²) in [6.45, 7) is 11.7. The molecular formula is C18H12BrCuF2N2. The van der Waals surface area contributed by atoms with Gasteiger partial charge in [0.05, 0.1) is 11.6 Å². The minimum absolute atomic E-state index is 0. The van der Waals surface area contributed by atoms with E-state index in [1.54, 1.807) is 12.1 Å². The SMILES string of the molecule is C=Cc1cc(F)ccc1Br.C=Cc1cc(F)ccc1C#N.[C-]#N.[Cu+]. The second-order valence-corrected chi connectivity index (χ2v) is 4.77. The molecule has 0 atom stereocenters. The normalized spacial score (nSPS) is 8.00. The van der Waals surface area contributed by atoms with Crippen molar-refractivity contribution in [2.24, 2.45) is 0 Å². The molecule has 24 heavy (non-hydrogen) atoms. The number of nitrogens with zero attached hydrogens (tertiary/aromatic N) is 2. The summed E-state index contributed by atoms with van der Waals surface area (Å²) < 4.78 is 25.8. The number of halogens is 3. The first-order valence-corrected chi connectivity index (χ1v) is 6.93. The molecule has 0 amide bonds. The van der Waals surface area contributed by atoms with Crippen LogP contribution < -0.4 is 0 Å². The van der Waals surface area contributed by atoms with Gasteiger partial charge in [-0.3, -0.25) is 0 Å². The zero-order valence-corrected chi connectivity index (χ0v) is 14.9. The predicted molar refractivity (Wildman–Crippen MR) is 90.4 cm³/mol. The fourth-order valence-electron chi connectivity index (χ4n) is 1.48. The summed E-state index contributed by atoms with van der Waals surface area (Å²) in [7, 11) is 0. The van der Waals surface area contributed by atoms with Gasteiger partial charge in [-0.05, 0) is 47.5 Å². The van der Waals surface area contributed by atoms with Crippen LogP contribution >= 0.6 is 15.9 Å². The first kappa shape index (κ1) is 24.0. The van der Waals surface area contributed by atoms with E-state index in [0.717, 1.165) is 10.0 Å². The van der Waals surface area contributed by atoms with Crippen LogP contribution in [0.1, 0.15) is 16.7 Å². The van der Waals surface area contributed by atoms with Gasteiger partial charge in [-0.15, -0.1) is 0 Å². The molecular weight excluding hydrogens is 426 g/mol. The molecule has 0 N–H and O–H groups in total. The molecule has 0 aliphatic heterocycles. The summed E-state index contributed by atoms with van der Waals surface area (Å²) in [5.41, 5.74) is 1.76. The Labute approximate surface area is 159 Å². The van der Waals surface area contributed by atoms with Crippen molar-refractivity contribution in [3.05, 3.63) is 88.9 Å². The standard InChI is InChI=1S/C9H6FN.C8H6BrF.CN.Cu/c1-2-7-5-9(10)4-3-8(7)6-11;1-2-6-5-7(10)3-4-8(6)9;1-2;/h2-5H,1H2;2-5H,1H2;;/q;;-1;+1. The maximum atomic E-state index is 12.5. The molecule has 0 bridgehead atoms. The van der Waals surface area contributed by atoms with Crippen molar-refractivity contribution >= 4 is 28.1 Å². The average Bonchev–Trinajstić information content (AvgIpc) is 2.59. The molecule has 0 saturated heterocycles. The number of benzene rings is 2. The number of rotatable bonds is 2. The Morgan fingerprint density at radius 3 is 1.83 bits per heavy atom. The second kappa shape index (κ2) is 13.2. The molecule has 126 valence electrons. The molecule has 2 aromatic carbocycles. The van der Waals surface area contributed by atoms with Crippen LogP contribution in [-0.4, -0.2) is 0 Å². The van der Waals surface area contributed by atoms with Crippen molar-refractivity contribution in [3.8, 4) is 6.07 Å². The minimum Gasteiger partial charge on any atom is -0.512 e. The second-order valence-electron chi connectivity index (χ2n) is 3.92. The summed E-state index contributed by atoms with van der Waals surface area (Å²) in [5, 5.41) is 14.8. The van der Waals surface area contributed by atoms with Crippen molar-refractivity contribution in [3.63, 3.8) is 0 Å². The van der Waals surface area contributed by atoms with Gasteiger partial charge < -0.3 is 11.8 Å². The van der Waals surface area contributed by atoms with Crippen LogP contribution in [0.25, 0.3) is 12.2 Å². The number of hydrogen-bond donors (Lipinski definition) is 0. The Kier molecular flexibility index (Phi) is 13.2. The zero-order chi connectivity index (χ0) is 17.8. The molecule has 2 aromatic rings. The Bertz CT molecular complexity index is 752. The van der Waals surface area contributed by atoms with E-state index in [2.05, 4.69) is 29.1 Å². The largest absolute Gasteiger partial charge is 1.00 e. The summed E-state index contributed by atoms with van der Waals surface area (Å²) in [6.07, 6.45) is 3.06. The molecule has 0 aromatic heterocycles. The molecule has 0 spiro atoms. The van der Waals surface area contributed by atoms with Crippen LogP contribution in [-0.2, 0) is 17.1 Å². The van der Waals surface area contributed by atoms with Crippen LogP contribution in [0.4, 0.5) is 8.78 Å². The van der Waals surface area contributed by atoms with Crippen LogP contribution in [0.3, 0.4) is 0 Å². The number of nitriles is 1. The van der Waals surface area contributed by atoms with Gasteiger partial charge in [-0.25, -0.2) is 8.78 Å². The smallest absolute Gasteiger partial charge is 0.512 e. The summed E-state index contributed by atoms with van der Waals surface area (Å²) in [6, 6.07) is 10.4. The van der Waals surface area contributed by atoms with Gasteiger partial charge in [0.15, 0.2) is 0 Å². The third-order valence-corrected chi connectivity index (χ3v) is 3.25. The molecule has 0 heterocycles. The van der Waals surface area contributed by atoms with E-state index in [4.69, 9.17) is 17.1 Å². The Morgan fingerprint density at radius 1 is 0.958 bits per heavy atom. The molecule has 2 nitrogen and oxygen atoms in total. The summed E-state index contributed by atoms with van der Waals surface area (Å²) in [4.78, 5) is 0. The van der Waals surface area contributed by atoms with Crippen LogP contribution in [0, 0.1) is 34.8 Å². The van der Waals surface area contributed by atoms with Gasteiger partial charge in [0.1, 0.15) is 11.6 Å². The van der Waals surface area contributed by atoms with Crippen LogP contribution in [0.2, 0.25) is 0 Å². The Morgan fingerprint density at radius 2 is 1.42 bits per heavy atom. The van der Waals surface area contributed by atoms with Crippen molar-refractivity contribution < 1.29 is 25.8 Å². The maximum Gasteiger partial charge on any atom is 1.00 e. The quantitative estimate of drug-likeness (QED) is 0.449. The maximum absolute atomic E-state index is 12.5. The van der Waals surface area contributed by atoms with E-state index in [1.165, 1.54) is 36.4 Å².